The third kappa shape index (κ3) is 2.93. The minimum absolute atomic E-state index is 0.902. The number of hydrogen-bond donors (Lipinski definition) is 0. The number of para-hydroxylation sites is 2. The first-order chi connectivity index (χ1) is 19.8. The molecule has 0 N–H and O–H groups in total. The molecule has 8 aromatic rings. The van der Waals surface area contributed by atoms with E-state index in [9.17, 15) is 0 Å². The van der Waals surface area contributed by atoms with Crippen LogP contribution in [-0.4, -0.2) is 4.57 Å². The normalized spacial score (nSPS) is 12.2. The number of benzene rings is 7. The number of aromatic nitrogens is 1. The van der Waals surface area contributed by atoms with Gasteiger partial charge in [0.1, 0.15) is 11.5 Å². The molecule has 2 nitrogen and oxygen atoms in total. The average molecular weight is 510 g/mol. The van der Waals surface area contributed by atoms with Crippen LogP contribution in [-0.2, 0) is 0 Å². The lowest BCUT2D eigenvalue weighted by Crippen LogP contribution is -1.97. The van der Waals surface area contributed by atoms with Crippen LogP contribution in [0.3, 0.4) is 0 Å². The van der Waals surface area contributed by atoms with E-state index in [0.717, 1.165) is 22.7 Å². The van der Waals surface area contributed by atoms with Crippen LogP contribution < -0.4 is 4.74 Å². The molecule has 0 amide bonds. The van der Waals surface area contributed by atoms with E-state index in [2.05, 4.69) is 144 Å². The maximum atomic E-state index is 6.41. The first kappa shape index (κ1) is 21.6. The zero-order valence-electron chi connectivity index (χ0n) is 21.6. The van der Waals surface area contributed by atoms with Crippen LogP contribution in [0.5, 0.6) is 11.5 Å². The van der Waals surface area contributed by atoms with Crippen molar-refractivity contribution in [1.82, 2.24) is 4.57 Å². The Balaban J connectivity index is 1.38. The highest BCUT2D eigenvalue weighted by atomic mass is 16.5. The van der Waals surface area contributed by atoms with Gasteiger partial charge in [-0.2, -0.15) is 0 Å². The summed E-state index contributed by atoms with van der Waals surface area (Å²) in [7, 11) is 0. The molecule has 0 fully saturated rings. The average Bonchev–Trinajstić information content (AvgIpc) is 3.36. The molecule has 0 atom stereocenters. The second-order valence-electron chi connectivity index (χ2n) is 10.5. The van der Waals surface area contributed by atoms with E-state index in [1.807, 2.05) is 0 Å². The molecule has 0 unspecified atom stereocenters. The minimum atomic E-state index is 0.902. The van der Waals surface area contributed by atoms with Crippen LogP contribution in [0.4, 0.5) is 0 Å². The summed E-state index contributed by atoms with van der Waals surface area (Å²) in [6.45, 7) is 0. The van der Waals surface area contributed by atoms with Crippen molar-refractivity contribution in [3.05, 3.63) is 140 Å². The fraction of sp³-hybridized carbons (Fsp3) is 0. The van der Waals surface area contributed by atoms with Crippen molar-refractivity contribution in [3.63, 3.8) is 0 Å². The van der Waals surface area contributed by atoms with E-state index in [4.69, 9.17) is 4.74 Å². The Morgan fingerprint density at radius 1 is 0.425 bits per heavy atom. The Morgan fingerprint density at radius 2 is 1.18 bits per heavy atom. The van der Waals surface area contributed by atoms with Crippen molar-refractivity contribution in [2.45, 2.75) is 0 Å². The van der Waals surface area contributed by atoms with Gasteiger partial charge >= 0.3 is 0 Å². The fourth-order valence-corrected chi connectivity index (χ4v) is 6.66. The second kappa shape index (κ2) is 8.08. The molecule has 40 heavy (non-hydrogen) atoms. The SMILES string of the molecule is c1ccc(-n2c3ccccc3c3c4ccccc4c(-c4ccc5c(c4)-c4cccc6cccc(c46)O5)cc32)cc1. The molecule has 2 heteroatoms. The number of ether oxygens (including phenoxy) is 1. The first-order valence-corrected chi connectivity index (χ1v) is 13.7. The molecule has 186 valence electrons. The molecule has 7 aromatic carbocycles. The van der Waals surface area contributed by atoms with Crippen LogP contribution in [0.15, 0.2) is 140 Å². The Morgan fingerprint density at radius 3 is 2.05 bits per heavy atom. The summed E-state index contributed by atoms with van der Waals surface area (Å²) in [6.07, 6.45) is 0. The van der Waals surface area contributed by atoms with Gasteiger partial charge in [-0.1, -0.05) is 97.1 Å². The van der Waals surface area contributed by atoms with Gasteiger partial charge in [0.25, 0.3) is 0 Å². The number of fused-ring (bicyclic) bond motifs is 7. The van der Waals surface area contributed by atoms with E-state index in [-0.39, 0.29) is 0 Å². The summed E-state index contributed by atoms with van der Waals surface area (Å²) in [4.78, 5) is 0. The maximum Gasteiger partial charge on any atom is 0.135 e. The molecular formula is C38H23NO. The van der Waals surface area contributed by atoms with E-state index in [0.29, 0.717) is 0 Å². The monoisotopic (exact) mass is 509 g/mol. The molecule has 1 aliphatic heterocycles. The second-order valence-corrected chi connectivity index (χ2v) is 10.5. The molecule has 0 bridgehead atoms. The molecule has 9 rings (SSSR count). The van der Waals surface area contributed by atoms with Gasteiger partial charge in [0, 0.05) is 27.4 Å². The molecule has 0 aliphatic carbocycles. The van der Waals surface area contributed by atoms with Crippen molar-refractivity contribution in [3.8, 4) is 39.4 Å². The molecule has 2 heterocycles. The number of rotatable bonds is 2. The summed E-state index contributed by atoms with van der Waals surface area (Å²) in [5.41, 5.74) is 8.35. The highest BCUT2D eigenvalue weighted by molar-refractivity contribution is 6.24. The minimum Gasteiger partial charge on any atom is -0.456 e. The zero-order chi connectivity index (χ0) is 26.2. The van der Waals surface area contributed by atoms with Gasteiger partial charge in [-0.3, -0.25) is 0 Å². The molecular weight excluding hydrogens is 486 g/mol. The maximum absolute atomic E-state index is 6.41. The Hall–Kier alpha value is -5.34. The lowest BCUT2D eigenvalue weighted by Gasteiger charge is -2.22. The van der Waals surface area contributed by atoms with Crippen molar-refractivity contribution < 1.29 is 4.74 Å². The lowest BCUT2D eigenvalue weighted by molar-refractivity contribution is 0.487. The van der Waals surface area contributed by atoms with E-state index in [1.54, 1.807) is 0 Å². The highest BCUT2D eigenvalue weighted by Gasteiger charge is 2.22. The van der Waals surface area contributed by atoms with Gasteiger partial charge in [0.2, 0.25) is 0 Å². The molecule has 0 radical (unpaired) electrons. The van der Waals surface area contributed by atoms with Gasteiger partial charge in [-0.25, -0.2) is 0 Å². The van der Waals surface area contributed by atoms with Crippen LogP contribution in [0.2, 0.25) is 0 Å². The Kier molecular flexibility index (Phi) is 4.36. The first-order valence-electron chi connectivity index (χ1n) is 13.7. The summed E-state index contributed by atoms with van der Waals surface area (Å²) >= 11 is 0. The van der Waals surface area contributed by atoms with Gasteiger partial charge in [0.15, 0.2) is 0 Å². The van der Waals surface area contributed by atoms with Crippen LogP contribution in [0, 0.1) is 0 Å². The summed E-state index contributed by atoms with van der Waals surface area (Å²) in [6, 6.07) is 50.1. The van der Waals surface area contributed by atoms with Gasteiger partial charge in [0.05, 0.1) is 11.0 Å². The third-order valence-electron chi connectivity index (χ3n) is 8.36. The van der Waals surface area contributed by atoms with Crippen LogP contribution in [0.1, 0.15) is 0 Å². The van der Waals surface area contributed by atoms with Crippen molar-refractivity contribution in [2.75, 3.05) is 0 Å². The van der Waals surface area contributed by atoms with Gasteiger partial charge in [-0.15, -0.1) is 0 Å². The summed E-state index contributed by atoms with van der Waals surface area (Å²) < 4.78 is 8.81. The topological polar surface area (TPSA) is 14.2 Å². The molecule has 1 aromatic heterocycles. The zero-order valence-corrected chi connectivity index (χ0v) is 21.6. The summed E-state index contributed by atoms with van der Waals surface area (Å²) in [5, 5.41) is 7.46. The van der Waals surface area contributed by atoms with E-state index < -0.39 is 0 Å². The van der Waals surface area contributed by atoms with Crippen LogP contribution >= 0.6 is 0 Å². The Bertz CT molecular complexity index is 2290. The fourth-order valence-electron chi connectivity index (χ4n) is 6.66. The van der Waals surface area contributed by atoms with Crippen molar-refractivity contribution >= 4 is 43.4 Å². The standard InChI is InChI=1S/C38H23NO/c1-2-12-26(13-3-1)39-33-18-7-6-16-30(33)38-28-15-5-4-14-27(28)31(23-34(38)39)25-20-21-35-32(22-25)29-17-8-10-24-11-9-19-36(40-35)37(24)29/h1-23H. The van der Waals surface area contributed by atoms with Crippen molar-refractivity contribution in [1.29, 1.82) is 0 Å². The van der Waals surface area contributed by atoms with Crippen molar-refractivity contribution in [2.24, 2.45) is 0 Å². The smallest absolute Gasteiger partial charge is 0.135 e. The van der Waals surface area contributed by atoms with E-state index >= 15 is 0 Å². The number of nitrogens with zero attached hydrogens (tertiary/aromatic N) is 1. The predicted molar refractivity (Wildman–Crippen MR) is 167 cm³/mol. The molecule has 0 saturated carbocycles. The lowest BCUT2D eigenvalue weighted by atomic mass is 9.90. The molecule has 0 saturated heterocycles. The van der Waals surface area contributed by atoms with Gasteiger partial charge < -0.3 is 9.30 Å². The molecule has 0 spiro atoms. The Labute approximate surface area is 231 Å². The summed E-state index contributed by atoms with van der Waals surface area (Å²) in [5.74, 6) is 1.83. The largest absolute Gasteiger partial charge is 0.456 e. The third-order valence-corrected chi connectivity index (χ3v) is 8.36. The highest BCUT2D eigenvalue weighted by Crippen LogP contribution is 2.48. The predicted octanol–water partition coefficient (Wildman–Crippen LogP) is 10.5. The number of hydrogen-bond acceptors (Lipinski definition) is 1. The molecule has 1 aliphatic rings. The van der Waals surface area contributed by atoms with Crippen LogP contribution in [0.25, 0.3) is 71.3 Å². The van der Waals surface area contributed by atoms with Gasteiger partial charge in [-0.05, 0) is 75.3 Å². The van der Waals surface area contributed by atoms with E-state index in [1.165, 1.54) is 60.0 Å². The quantitative estimate of drug-likeness (QED) is 0.226.